The molecule has 0 saturated heterocycles. The van der Waals surface area contributed by atoms with Gasteiger partial charge in [0.05, 0.1) is 12.8 Å². The first-order valence-corrected chi connectivity index (χ1v) is 6.91. The maximum atomic E-state index is 13.8. The first-order valence-electron chi connectivity index (χ1n) is 5.70. The number of nitrogens with one attached hydrogen (secondary N) is 1. The van der Waals surface area contributed by atoms with E-state index in [2.05, 4.69) is 21.2 Å². The second-order valence-corrected chi connectivity index (χ2v) is 5.63. The summed E-state index contributed by atoms with van der Waals surface area (Å²) in [6, 6.07) is 2.87. The lowest BCUT2D eigenvalue weighted by Crippen LogP contribution is -2.19. The van der Waals surface area contributed by atoms with Crippen LogP contribution in [-0.4, -0.2) is 18.1 Å². The van der Waals surface area contributed by atoms with E-state index < -0.39 is 5.82 Å². The van der Waals surface area contributed by atoms with E-state index >= 15 is 0 Å². The van der Waals surface area contributed by atoms with E-state index in [1.165, 1.54) is 13.2 Å². The standard InChI is InChI=1S/C13H15BrFNO2S/c1-7(2)13(17)16-11-4-8(5-12(19)18-3)9(14)6-10(11)15/h4,6-7H,5H2,1-3H3,(H,16,17). The maximum Gasteiger partial charge on any atom is 0.227 e. The highest BCUT2D eigenvalue weighted by Gasteiger charge is 2.14. The number of thiocarbonyl (C=S) groups is 1. The molecular formula is C13H15BrFNO2S. The number of methoxy groups -OCH3 is 1. The van der Waals surface area contributed by atoms with Crippen molar-refractivity contribution >= 4 is 44.8 Å². The Morgan fingerprint density at radius 1 is 1.53 bits per heavy atom. The number of benzene rings is 1. The zero-order chi connectivity index (χ0) is 14.6. The van der Waals surface area contributed by atoms with Crippen LogP contribution in [0.2, 0.25) is 0 Å². The Morgan fingerprint density at radius 2 is 2.16 bits per heavy atom. The third-order valence-electron chi connectivity index (χ3n) is 2.48. The predicted octanol–water partition coefficient (Wildman–Crippen LogP) is 3.70. The Balaban J connectivity index is 3.02. The van der Waals surface area contributed by atoms with Gasteiger partial charge in [0.1, 0.15) is 5.82 Å². The van der Waals surface area contributed by atoms with Gasteiger partial charge < -0.3 is 10.1 Å². The van der Waals surface area contributed by atoms with Crippen LogP contribution in [0.4, 0.5) is 10.1 Å². The van der Waals surface area contributed by atoms with Gasteiger partial charge in [-0.1, -0.05) is 29.8 Å². The molecule has 0 aliphatic heterocycles. The molecule has 1 aromatic carbocycles. The molecule has 0 radical (unpaired) electrons. The number of rotatable bonds is 4. The largest absolute Gasteiger partial charge is 0.490 e. The van der Waals surface area contributed by atoms with Crippen LogP contribution in [0, 0.1) is 11.7 Å². The quantitative estimate of drug-likeness (QED) is 0.844. The third-order valence-corrected chi connectivity index (χ3v) is 3.53. The molecule has 0 atom stereocenters. The van der Waals surface area contributed by atoms with Gasteiger partial charge in [-0.3, -0.25) is 4.79 Å². The maximum absolute atomic E-state index is 13.8. The summed E-state index contributed by atoms with van der Waals surface area (Å²) >= 11 is 8.24. The molecule has 1 aromatic rings. The molecule has 0 aliphatic rings. The molecule has 0 aromatic heterocycles. The Labute approximate surface area is 125 Å². The molecule has 0 spiro atoms. The molecule has 6 heteroatoms. The third kappa shape index (κ3) is 4.54. The van der Waals surface area contributed by atoms with Crippen molar-refractivity contribution in [3.05, 3.63) is 28.0 Å². The summed E-state index contributed by atoms with van der Waals surface area (Å²) in [5.41, 5.74) is 0.906. The zero-order valence-electron chi connectivity index (χ0n) is 10.9. The zero-order valence-corrected chi connectivity index (χ0v) is 13.3. The highest BCUT2D eigenvalue weighted by atomic mass is 79.9. The van der Waals surface area contributed by atoms with Crippen molar-refractivity contribution in [2.45, 2.75) is 20.3 Å². The normalized spacial score (nSPS) is 10.4. The van der Waals surface area contributed by atoms with Crippen LogP contribution in [0.1, 0.15) is 19.4 Å². The van der Waals surface area contributed by atoms with Crippen molar-refractivity contribution in [2.24, 2.45) is 5.92 Å². The van der Waals surface area contributed by atoms with Gasteiger partial charge in [-0.05, 0) is 29.9 Å². The van der Waals surface area contributed by atoms with E-state index in [1.807, 2.05) is 0 Å². The van der Waals surface area contributed by atoms with Crippen molar-refractivity contribution in [1.29, 1.82) is 0 Å². The van der Waals surface area contributed by atoms with E-state index in [1.54, 1.807) is 19.9 Å². The Kier molecular flexibility index (Phi) is 5.87. The minimum atomic E-state index is -0.493. The lowest BCUT2D eigenvalue weighted by Gasteiger charge is -2.12. The molecule has 1 N–H and O–H groups in total. The van der Waals surface area contributed by atoms with Crippen molar-refractivity contribution < 1.29 is 13.9 Å². The monoisotopic (exact) mass is 347 g/mol. The molecule has 19 heavy (non-hydrogen) atoms. The molecule has 0 heterocycles. The van der Waals surface area contributed by atoms with Crippen LogP contribution in [-0.2, 0) is 16.0 Å². The summed E-state index contributed by atoms with van der Waals surface area (Å²) < 4.78 is 19.3. The molecule has 1 amide bonds. The molecule has 104 valence electrons. The van der Waals surface area contributed by atoms with Crippen LogP contribution in [0.25, 0.3) is 0 Å². The van der Waals surface area contributed by atoms with E-state index in [-0.39, 0.29) is 17.5 Å². The predicted molar refractivity (Wildman–Crippen MR) is 80.9 cm³/mol. The number of anilines is 1. The van der Waals surface area contributed by atoms with Gasteiger partial charge in [0.25, 0.3) is 0 Å². The van der Waals surface area contributed by atoms with Crippen molar-refractivity contribution in [3.63, 3.8) is 0 Å². The number of amides is 1. The molecule has 0 saturated carbocycles. The van der Waals surface area contributed by atoms with Gasteiger partial charge in [0.2, 0.25) is 5.91 Å². The summed E-state index contributed by atoms with van der Waals surface area (Å²) in [6.45, 7) is 3.49. The van der Waals surface area contributed by atoms with Gasteiger partial charge in [-0.15, -0.1) is 0 Å². The Hall–Kier alpha value is -1.01. The smallest absolute Gasteiger partial charge is 0.227 e. The topological polar surface area (TPSA) is 38.3 Å². The minimum absolute atomic E-state index is 0.149. The molecule has 3 nitrogen and oxygen atoms in total. The fourth-order valence-electron chi connectivity index (χ4n) is 1.33. The Morgan fingerprint density at radius 3 is 2.68 bits per heavy atom. The number of halogens is 2. The van der Waals surface area contributed by atoms with Crippen LogP contribution in [0.3, 0.4) is 0 Å². The van der Waals surface area contributed by atoms with Crippen LogP contribution in [0.15, 0.2) is 16.6 Å². The molecule has 0 unspecified atom stereocenters. The van der Waals surface area contributed by atoms with Gasteiger partial charge >= 0.3 is 0 Å². The first-order chi connectivity index (χ1) is 8.85. The second kappa shape index (κ2) is 6.96. The Bertz CT molecular complexity index is 506. The molecule has 0 fully saturated rings. The van der Waals surface area contributed by atoms with Crippen molar-refractivity contribution in [3.8, 4) is 0 Å². The van der Waals surface area contributed by atoms with Gasteiger partial charge in [-0.2, -0.15) is 0 Å². The molecule has 0 aliphatic carbocycles. The number of carbonyl (C=O) groups is 1. The highest BCUT2D eigenvalue weighted by molar-refractivity contribution is 9.10. The van der Waals surface area contributed by atoms with E-state index in [4.69, 9.17) is 17.0 Å². The van der Waals surface area contributed by atoms with E-state index in [0.29, 0.717) is 15.9 Å². The van der Waals surface area contributed by atoms with Crippen molar-refractivity contribution in [2.75, 3.05) is 12.4 Å². The summed E-state index contributed by atoms with van der Waals surface area (Å²) in [4.78, 5) is 11.6. The van der Waals surface area contributed by atoms with Gasteiger partial charge in [-0.25, -0.2) is 4.39 Å². The second-order valence-electron chi connectivity index (χ2n) is 4.32. The fourth-order valence-corrected chi connectivity index (χ4v) is 1.94. The molecule has 0 bridgehead atoms. The number of hydrogen-bond acceptors (Lipinski definition) is 3. The number of ether oxygens (including phenoxy) is 1. The fraction of sp³-hybridized carbons (Fsp3) is 0.385. The van der Waals surface area contributed by atoms with Crippen LogP contribution in [0.5, 0.6) is 0 Å². The SMILES string of the molecule is COC(=S)Cc1cc(NC(=O)C(C)C)c(F)cc1Br. The van der Waals surface area contributed by atoms with Crippen LogP contribution < -0.4 is 5.32 Å². The highest BCUT2D eigenvalue weighted by Crippen LogP contribution is 2.26. The molecular weight excluding hydrogens is 333 g/mol. The van der Waals surface area contributed by atoms with E-state index in [9.17, 15) is 9.18 Å². The lowest BCUT2D eigenvalue weighted by atomic mass is 10.1. The lowest BCUT2D eigenvalue weighted by molar-refractivity contribution is -0.118. The van der Waals surface area contributed by atoms with Gasteiger partial charge in [0, 0.05) is 16.8 Å². The number of hydrogen-bond donors (Lipinski definition) is 1. The minimum Gasteiger partial charge on any atom is -0.490 e. The average molecular weight is 348 g/mol. The summed E-state index contributed by atoms with van der Waals surface area (Å²) in [6.07, 6.45) is 0.372. The van der Waals surface area contributed by atoms with Gasteiger partial charge in [0.15, 0.2) is 5.05 Å². The summed E-state index contributed by atoms with van der Waals surface area (Å²) in [5, 5.41) is 2.95. The molecule has 1 rings (SSSR count). The van der Waals surface area contributed by atoms with E-state index in [0.717, 1.165) is 5.56 Å². The van der Waals surface area contributed by atoms with Crippen molar-refractivity contribution in [1.82, 2.24) is 0 Å². The summed E-state index contributed by atoms with van der Waals surface area (Å²) in [5.74, 6) is -0.944. The first kappa shape index (κ1) is 16.0. The van der Waals surface area contributed by atoms with Crippen LogP contribution >= 0.6 is 28.1 Å². The summed E-state index contributed by atoms with van der Waals surface area (Å²) in [7, 11) is 1.49. The number of carbonyl (C=O) groups excluding carboxylic acids is 1. The average Bonchev–Trinajstić information content (AvgIpc) is 2.34.